The van der Waals surface area contributed by atoms with Gasteiger partial charge < -0.3 is 15.4 Å². The van der Waals surface area contributed by atoms with Crippen molar-refractivity contribution < 1.29 is 9.53 Å². The smallest absolute Gasteiger partial charge is 0.314 e. The summed E-state index contributed by atoms with van der Waals surface area (Å²) in [5.41, 5.74) is 5.34. The second-order valence-corrected chi connectivity index (χ2v) is 6.80. The number of nitrogens with two attached hydrogens (primary N) is 1. The molecule has 0 saturated carbocycles. The van der Waals surface area contributed by atoms with Crippen LogP contribution in [0.2, 0.25) is 5.02 Å². The molecule has 1 aromatic rings. The SMILES string of the molecule is NC(=O)N1CCC(N2CCC(Oc3ccc(Cl)cc3)CC2)CC1. The second kappa shape index (κ2) is 7.41. The molecule has 0 aliphatic carbocycles. The fourth-order valence-corrected chi connectivity index (χ4v) is 3.64. The molecule has 2 aliphatic rings. The average Bonchev–Trinajstić information content (AvgIpc) is 2.58. The van der Waals surface area contributed by atoms with Gasteiger partial charge in [-0.1, -0.05) is 11.6 Å². The number of ether oxygens (including phenoxy) is 1. The zero-order chi connectivity index (χ0) is 16.2. The van der Waals surface area contributed by atoms with E-state index in [4.69, 9.17) is 22.1 Å². The lowest BCUT2D eigenvalue weighted by Crippen LogP contribution is -2.51. The Hall–Kier alpha value is -1.46. The summed E-state index contributed by atoms with van der Waals surface area (Å²) in [7, 11) is 0. The van der Waals surface area contributed by atoms with Gasteiger partial charge in [-0.3, -0.25) is 4.90 Å². The first-order chi connectivity index (χ1) is 11.1. The van der Waals surface area contributed by atoms with Crippen LogP contribution in [0.5, 0.6) is 5.75 Å². The fourth-order valence-electron chi connectivity index (χ4n) is 3.52. The summed E-state index contributed by atoms with van der Waals surface area (Å²) < 4.78 is 6.04. The molecule has 2 fully saturated rings. The van der Waals surface area contributed by atoms with Gasteiger partial charge in [-0.2, -0.15) is 0 Å². The minimum absolute atomic E-state index is 0.276. The fraction of sp³-hybridized carbons (Fsp3) is 0.588. The van der Waals surface area contributed by atoms with Crippen LogP contribution in [0.25, 0.3) is 0 Å². The third-order valence-electron chi connectivity index (χ3n) is 4.89. The lowest BCUT2D eigenvalue weighted by Gasteiger charge is -2.41. The molecule has 0 unspecified atom stereocenters. The first-order valence-electron chi connectivity index (χ1n) is 8.32. The monoisotopic (exact) mass is 337 g/mol. The zero-order valence-corrected chi connectivity index (χ0v) is 14.0. The quantitative estimate of drug-likeness (QED) is 0.922. The maximum atomic E-state index is 11.2. The molecule has 2 N–H and O–H groups in total. The van der Waals surface area contributed by atoms with Crippen LogP contribution in [0.4, 0.5) is 4.79 Å². The minimum atomic E-state index is -0.293. The molecule has 0 atom stereocenters. The normalized spacial score (nSPS) is 21.3. The molecular weight excluding hydrogens is 314 g/mol. The summed E-state index contributed by atoms with van der Waals surface area (Å²) in [5, 5.41) is 0.731. The van der Waals surface area contributed by atoms with Crippen molar-refractivity contribution in [3.8, 4) is 5.75 Å². The van der Waals surface area contributed by atoms with E-state index >= 15 is 0 Å². The molecule has 2 aliphatic heterocycles. The Morgan fingerprint density at radius 2 is 1.65 bits per heavy atom. The molecule has 0 aromatic heterocycles. The average molecular weight is 338 g/mol. The molecule has 1 aromatic carbocycles. The molecular formula is C17H24ClN3O2. The van der Waals surface area contributed by atoms with Crippen molar-refractivity contribution in [1.29, 1.82) is 0 Å². The molecule has 5 nitrogen and oxygen atoms in total. The van der Waals surface area contributed by atoms with Gasteiger partial charge in [-0.25, -0.2) is 4.79 Å². The third kappa shape index (κ3) is 4.30. The topological polar surface area (TPSA) is 58.8 Å². The summed E-state index contributed by atoms with van der Waals surface area (Å²) in [6.45, 7) is 3.67. The van der Waals surface area contributed by atoms with E-state index < -0.39 is 0 Å². The van der Waals surface area contributed by atoms with Gasteiger partial charge in [0.25, 0.3) is 0 Å². The molecule has 2 heterocycles. The minimum Gasteiger partial charge on any atom is -0.490 e. The predicted molar refractivity (Wildman–Crippen MR) is 90.9 cm³/mol. The van der Waals surface area contributed by atoms with Crippen LogP contribution in [0.15, 0.2) is 24.3 Å². The van der Waals surface area contributed by atoms with Gasteiger partial charge in [0.1, 0.15) is 11.9 Å². The van der Waals surface area contributed by atoms with Crippen molar-refractivity contribution >= 4 is 17.6 Å². The number of carbonyl (C=O) groups excluding carboxylic acids is 1. The number of urea groups is 1. The zero-order valence-electron chi connectivity index (χ0n) is 13.3. The number of benzene rings is 1. The van der Waals surface area contributed by atoms with Crippen LogP contribution in [0.3, 0.4) is 0 Å². The molecule has 2 amide bonds. The predicted octanol–water partition coefficient (Wildman–Crippen LogP) is 2.73. The van der Waals surface area contributed by atoms with Gasteiger partial charge in [0, 0.05) is 37.2 Å². The van der Waals surface area contributed by atoms with Crippen molar-refractivity contribution in [2.45, 2.75) is 37.8 Å². The number of primary amides is 1. The number of rotatable bonds is 3. The summed E-state index contributed by atoms with van der Waals surface area (Å²) in [5.74, 6) is 0.891. The Bertz CT molecular complexity index is 521. The van der Waals surface area contributed by atoms with Crippen LogP contribution < -0.4 is 10.5 Å². The molecule has 23 heavy (non-hydrogen) atoms. The van der Waals surface area contributed by atoms with Crippen molar-refractivity contribution in [2.24, 2.45) is 5.73 Å². The highest BCUT2D eigenvalue weighted by Gasteiger charge is 2.29. The van der Waals surface area contributed by atoms with Gasteiger partial charge >= 0.3 is 6.03 Å². The van der Waals surface area contributed by atoms with Crippen molar-refractivity contribution in [3.05, 3.63) is 29.3 Å². The second-order valence-electron chi connectivity index (χ2n) is 6.36. The molecule has 3 rings (SSSR count). The maximum Gasteiger partial charge on any atom is 0.314 e. The Labute approximate surface area is 142 Å². The first kappa shape index (κ1) is 16.4. The molecule has 126 valence electrons. The lowest BCUT2D eigenvalue weighted by atomic mass is 9.99. The highest BCUT2D eigenvalue weighted by Crippen LogP contribution is 2.24. The van der Waals surface area contributed by atoms with E-state index in [2.05, 4.69) is 4.90 Å². The van der Waals surface area contributed by atoms with E-state index in [0.717, 1.165) is 62.6 Å². The van der Waals surface area contributed by atoms with E-state index in [1.807, 2.05) is 24.3 Å². The van der Waals surface area contributed by atoms with Crippen LogP contribution in [0, 0.1) is 0 Å². The van der Waals surface area contributed by atoms with Gasteiger partial charge in [0.2, 0.25) is 0 Å². The van der Waals surface area contributed by atoms with Gasteiger partial charge in [0.15, 0.2) is 0 Å². The van der Waals surface area contributed by atoms with Crippen molar-refractivity contribution in [2.75, 3.05) is 26.2 Å². The molecule has 0 radical (unpaired) electrons. The molecule has 6 heteroatoms. The summed E-state index contributed by atoms with van der Waals surface area (Å²) in [6.07, 6.45) is 4.40. The van der Waals surface area contributed by atoms with Crippen molar-refractivity contribution in [3.63, 3.8) is 0 Å². The number of amides is 2. The van der Waals surface area contributed by atoms with Crippen LogP contribution in [0.1, 0.15) is 25.7 Å². The summed E-state index contributed by atoms with van der Waals surface area (Å²) in [6, 6.07) is 7.85. The Morgan fingerprint density at radius 3 is 2.22 bits per heavy atom. The third-order valence-corrected chi connectivity index (χ3v) is 5.14. The number of halogens is 1. The first-order valence-corrected chi connectivity index (χ1v) is 8.70. The lowest BCUT2D eigenvalue weighted by molar-refractivity contribution is 0.0542. The van der Waals surface area contributed by atoms with Crippen molar-refractivity contribution in [1.82, 2.24) is 9.80 Å². The van der Waals surface area contributed by atoms with Crippen LogP contribution in [-0.4, -0.2) is 54.2 Å². The number of nitrogens with zero attached hydrogens (tertiary/aromatic N) is 2. The maximum absolute atomic E-state index is 11.2. The van der Waals surface area contributed by atoms with Crippen LogP contribution in [-0.2, 0) is 0 Å². The number of hydrogen-bond donors (Lipinski definition) is 1. The summed E-state index contributed by atoms with van der Waals surface area (Å²) in [4.78, 5) is 15.5. The van der Waals surface area contributed by atoms with E-state index in [0.29, 0.717) is 6.04 Å². The number of piperidine rings is 2. The largest absolute Gasteiger partial charge is 0.490 e. The van der Waals surface area contributed by atoms with Crippen LogP contribution >= 0.6 is 11.6 Å². The molecule has 2 saturated heterocycles. The van der Waals surface area contributed by atoms with Gasteiger partial charge in [-0.15, -0.1) is 0 Å². The van der Waals surface area contributed by atoms with E-state index in [1.165, 1.54) is 0 Å². The number of likely N-dealkylation sites (tertiary alicyclic amines) is 2. The Morgan fingerprint density at radius 1 is 1.04 bits per heavy atom. The highest BCUT2D eigenvalue weighted by atomic mass is 35.5. The highest BCUT2D eigenvalue weighted by molar-refractivity contribution is 6.30. The number of carbonyl (C=O) groups is 1. The van der Waals surface area contributed by atoms with E-state index in [9.17, 15) is 4.79 Å². The van der Waals surface area contributed by atoms with E-state index in [1.54, 1.807) is 4.90 Å². The molecule has 0 spiro atoms. The Kier molecular flexibility index (Phi) is 5.28. The van der Waals surface area contributed by atoms with Gasteiger partial charge in [0.05, 0.1) is 0 Å². The Balaban J connectivity index is 1.43. The summed E-state index contributed by atoms with van der Waals surface area (Å²) >= 11 is 5.89. The number of hydrogen-bond acceptors (Lipinski definition) is 3. The molecule has 0 bridgehead atoms. The van der Waals surface area contributed by atoms with Gasteiger partial charge in [-0.05, 0) is 49.9 Å². The van der Waals surface area contributed by atoms with E-state index in [-0.39, 0.29) is 12.1 Å². The standard InChI is InChI=1S/C17H24ClN3O2/c18-13-1-3-15(4-2-13)23-16-7-11-20(12-8-16)14-5-9-21(10-6-14)17(19)22/h1-4,14,16H,5-12H2,(H2,19,22).